The van der Waals surface area contributed by atoms with Crippen molar-refractivity contribution in [3.8, 4) is 0 Å². The van der Waals surface area contributed by atoms with Gasteiger partial charge in [0.1, 0.15) is 11.5 Å². The summed E-state index contributed by atoms with van der Waals surface area (Å²) in [4.78, 5) is 27.6. The van der Waals surface area contributed by atoms with E-state index in [9.17, 15) is 18.0 Å². The molecule has 1 N–H and O–H groups in total. The van der Waals surface area contributed by atoms with E-state index in [1.807, 2.05) is 0 Å². The second kappa shape index (κ2) is 8.18. The molecule has 2 bridgehead atoms. The van der Waals surface area contributed by atoms with Crippen LogP contribution in [0.4, 0.5) is 23.4 Å². The molecule has 2 aliphatic heterocycles. The van der Waals surface area contributed by atoms with Crippen LogP contribution in [0.2, 0.25) is 0 Å². The monoisotopic (exact) mass is 473 g/mol. The van der Waals surface area contributed by atoms with E-state index in [0.717, 1.165) is 18.7 Å². The van der Waals surface area contributed by atoms with E-state index < -0.39 is 23.3 Å². The number of fused-ring (bicyclic) bond motifs is 2. The normalized spacial score (nSPS) is 28.5. The fourth-order valence-electron chi connectivity index (χ4n) is 5.13. The maximum absolute atomic E-state index is 16.4. The molecule has 178 valence electrons. The number of amides is 1. The van der Waals surface area contributed by atoms with Gasteiger partial charge in [0.2, 0.25) is 5.67 Å². The minimum atomic E-state index is -4.46. The summed E-state index contributed by atoms with van der Waals surface area (Å²) in [7, 11) is 0. The second-order valence-corrected chi connectivity index (χ2v) is 9.07. The van der Waals surface area contributed by atoms with Gasteiger partial charge in [-0.05, 0) is 49.9 Å². The minimum Gasteiger partial charge on any atom is -0.365 e. The highest BCUT2D eigenvalue weighted by atomic mass is 19.4. The largest absolute Gasteiger partial charge is 0.417 e. The number of nitrogens with one attached hydrogen (secondary N) is 1. The molecule has 1 amide bonds. The van der Waals surface area contributed by atoms with Gasteiger partial charge in [-0.25, -0.2) is 9.37 Å². The van der Waals surface area contributed by atoms with E-state index in [2.05, 4.69) is 20.3 Å². The average molecular weight is 473 g/mol. The van der Waals surface area contributed by atoms with Crippen molar-refractivity contribution in [1.82, 2.24) is 14.9 Å². The molecule has 0 radical (unpaired) electrons. The fraction of sp³-hybridized carbons (Fsp3) is 0.417. The van der Waals surface area contributed by atoms with Crippen molar-refractivity contribution < 1.29 is 22.4 Å². The molecule has 2 fully saturated rings. The quantitative estimate of drug-likeness (QED) is 0.669. The average Bonchev–Trinajstić information content (AvgIpc) is 3.41. The number of halogens is 4. The van der Waals surface area contributed by atoms with E-state index >= 15 is 4.39 Å². The highest BCUT2D eigenvalue weighted by Gasteiger charge is 2.55. The molecule has 2 aromatic heterocycles. The number of carbonyl (C=O) groups excluding carboxylic acids is 1. The Kier molecular flexibility index (Phi) is 5.41. The number of likely N-dealkylation sites (tertiary alicyclic amines) is 1. The van der Waals surface area contributed by atoms with Crippen molar-refractivity contribution in [3.63, 3.8) is 0 Å². The van der Waals surface area contributed by atoms with Gasteiger partial charge in [-0.3, -0.25) is 14.8 Å². The van der Waals surface area contributed by atoms with Gasteiger partial charge in [0, 0.05) is 37.1 Å². The summed E-state index contributed by atoms with van der Waals surface area (Å²) in [5.41, 5.74) is -2.22. The number of alkyl halides is 4. The molecule has 1 saturated heterocycles. The molecule has 1 saturated carbocycles. The van der Waals surface area contributed by atoms with Crippen LogP contribution in [0.15, 0.2) is 59.5 Å². The summed E-state index contributed by atoms with van der Waals surface area (Å²) in [5, 5.41) is 3.15. The van der Waals surface area contributed by atoms with E-state index in [0.29, 0.717) is 30.2 Å². The zero-order valence-electron chi connectivity index (χ0n) is 18.4. The number of hydrogen-bond donors (Lipinski definition) is 1. The second-order valence-electron chi connectivity index (χ2n) is 9.07. The van der Waals surface area contributed by atoms with Gasteiger partial charge < -0.3 is 10.2 Å². The van der Waals surface area contributed by atoms with Crippen molar-refractivity contribution in [2.45, 2.75) is 50.1 Å². The lowest BCUT2D eigenvalue weighted by Crippen LogP contribution is -2.57. The summed E-state index contributed by atoms with van der Waals surface area (Å²) in [6.07, 6.45) is 0.768. The number of aromatic nitrogens is 2. The summed E-state index contributed by atoms with van der Waals surface area (Å²) in [5.74, 6) is -0.180. The zero-order valence-corrected chi connectivity index (χ0v) is 18.4. The molecule has 5 rings (SSSR count). The van der Waals surface area contributed by atoms with Crippen LogP contribution < -0.4 is 5.32 Å². The van der Waals surface area contributed by atoms with Gasteiger partial charge in [0.25, 0.3) is 5.91 Å². The predicted octanol–water partition coefficient (Wildman–Crippen LogP) is 4.40. The minimum absolute atomic E-state index is 0.00906. The van der Waals surface area contributed by atoms with Gasteiger partial charge in [-0.15, -0.1) is 0 Å². The Hall–Kier alpha value is -3.30. The molecule has 10 heteroatoms. The van der Waals surface area contributed by atoms with Gasteiger partial charge >= 0.3 is 6.18 Å². The van der Waals surface area contributed by atoms with Crippen LogP contribution >= 0.6 is 0 Å². The Labute approximate surface area is 193 Å². The van der Waals surface area contributed by atoms with Crippen LogP contribution in [0.3, 0.4) is 0 Å². The summed E-state index contributed by atoms with van der Waals surface area (Å²) < 4.78 is 54.9. The molecule has 3 aliphatic rings. The van der Waals surface area contributed by atoms with Crippen molar-refractivity contribution in [2.24, 2.45) is 10.9 Å². The molecule has 6 nitrogen and oxygen atoms in total. The predicted molar refractivity (Wildman–Crippen MR) is 118 cm³/mol. The Morgan fingerprint density at radius 1 is 1.18 bits per heavy atom. The van der Waals surface area contributed by atoms with Gasteiger partial charge in [0.05, 0.1) is 17.3 Å². The number of pyridine rings is 2. The third kappa shape index (κ3) is 3.95. The lowest BCUT2D eigenvalue weighted by atomic mass is 9.88. The summed E-state index contributed by atoms with van der Waals surface area (Å²) >= 11 is 0. The van der Waals surface area contributed by atoms with Crippen LogP contribution in [0.25, 0.3) is 0 Å². The van der Waals surface area contributed by atoms with Gasteiger partial charge in [-0.1, -0.05) is 12.1 Å². The molecule has 34 heavy (non-hydrogen) atoms. The number of piperidine rings is 1. The fourth-order valence-corrected chi connectivity index (χ4v) is 5.13. The standard InChI is InChI=1S/C24H23F4N5O/c1-14-7-8-23(25,21(31-14)17-4-2-3-9-29-17)22(34)33-13-15-10-18(19(33)11-15)32-20-6-5-16(12-30-20)24(26,27)28/h2-7,9,12,15,18-19H,8,10-11,13H2,1H3,(H,30,32)/t15-,18+,19-,23?/m0/s1. The Morgan fingerprint density at radius 2 is 2.00 bits per heavy atom. The van der Waals surface area contributed by atoms with E-state index in [-0.39, 0.29) is 30.1 Å². The molecule has 1 unspecified atom stereocenters. The zero-order chi connectivity index (χ0) is 24.1. The Bertz CT molecular complexity index is 1150. The highest BCUT2D eigenvalue weighted by molar-refractivity contribution is 6.19. The van der Waals surface area contributed by atoms with Crippen molar-refractivity contribution in [1.29, 1.82) is 0 Å². The van der Waals surface area contributed by atoms with Crippen LogP contribution in [-0.4, -0.2) is 50.8 Å². The lowest BCUT2D eigenvalue weighted by Gasteiger charge is -2.38. The molecule has 2 aromatic rings. The number of allylic oxidation sites excluding steroid dienone is 2. The SMILES string of the molecule is CC1=CCC(F)(C(=O)N2C[C@H]3C[C@@H](Nc4ccc(C(F)(F)F)cn4)[C@@H]2C3)C(c2ccccn2)=N1. The number of anilines is 1. The van der Waals surface area contributed by atoms with Crippen LogP contribution in [0.1, 0.15) is 37.4 Å². The third-order valence-electron chi connectivity index (χ3n) is 6.76. The van der Waals surface area contributed by atoms with E-state index in [1.165, 1.54) is 12.3 Å². The van der Waals surface area contributed by atoms with Crippen LogP contribution in [-0.2, 0) is 11.0 Å². The smallest absolute Gasteiger partial charge is 0.365 e. The first-order chi connectivity index (χ1) is 16.1. The topological polar surface area (TPSA) is 70.5 Å². The Balaban J connectivity index is 1.36. The maximum Gasteiger partial charge on any atom is 0.417 e. The maximum atomic E-state index is 16.4. The van der Waals surface area contributed by atoms with Crippen molar-refractivity contribution in [3.05, 3.63) is 65.8 Å². The Morgan fingerprint density at radius 3 is 2.65 bits per heavy atom. The van der Waals surface area contributed by atoms with E-state index in [4.69, 9.17) is 0 Å². The number of hydrogen-bond acceptors (Lipinski definition) is 5. The highest BCUT2D eigenvalue weighted by Crippen LogP contribution is 2.42. The molecule has 0 aromatic carbocycles. The van der Waals surface area contributed by atoms with Gasteiger partial charge in [0.15, 0.2) is 0 Å². The van der Waals surface area contributed by atoms with Crippen molar-refractivity contribution in [2.75, 3.05) is 11.9 Å². The summed E-state index contributed by atoms with van der Waals surface area (Å²) in [6.45, 7) is 2.19. The molecule has 4 heterocycles. The molecule has 1 aliphatic carbocycles. The first-order valence-electron chi connectivity index (χ1n) is 11.1. The van der Waals surface area contributed by atoms with Gasteiger partial charge in [-0.2, -0.15) is 13.2 Å². The first kappa shape index (κ1) is 22.5. The molecule has 4 atom stereocenters. The number of carbonyl (C=O) groups is 1. The number of aliphatic imine (C=N–C) groups is 1. The van der Waals surface area contributed by atoms with E-state index in [1.54, 1.807) is 36.1 Å². The van der Waals surface area contributed by atoms with Crippen LogP contribution in [0.5, 0.6) is 0 Å². The molecule has 0 spiro atoms. The molecular weight excluding hydrogens is 450 g/mol. The first-order valence-corrected chi connectivity index (χ1v) is 11.1. The number of nitrogens with zero attached hydrogens (tertiary/aromatic N) is 4. The lowest BCUT2D eigenvalue weighted by molar-refractivity contribution is -0.141. The third-order valence-corrected chi connectivity index (χ3v) is 6.76. The summed E-state index contributed by atoms with van der Waals surface area (Å²) in [6, 6.07) is 6.79. The van der Waals surface area contributed by atoms with Crippen LogP contribution in [0, 0.1) is 5.92 Å². The number of rotatable bonds is 4. The molecular formula is C24H23F4N5O. The van der Waals surface area contributed by atoms with Crippen molar-refractivity contribution >= 4 is 17.4 Å².